The zero-order chi connectivity index (χ0) is 16.1. The van der Waals surface area contributed by atoms with Gasteiger partial charge in [-0.3, -0.25) is 4.79 Å². The Kier molecular flexibility index (Phi) is 4.93. The summed E-state index contributed by atoms with van der Waals surface area (Å²) in [5, 5.41) is 2.55. The molecule has 0 bridgehead atoms. The number of benzene rings is 2. The zero-order valence-electron chi connectivity index (χ0n) is 12.2. The minimum atomic E-state index is -0.811. The lowest BCUT2D eigenvalue weighted by Crippen LogP contribution is -2.12. The van der Waals surface area contributed by atoms with E-state index in [-0.39, 0.29) is 5.56 Å². The fourth-order valence-electron chi connectivity index (χ4n) is 1.91. The highest BCUT2D eigenvalue weighted by atomic mass is 19.1. The Balaban J connectivity index is 2.21. The molecule has 0 fully saturated rings. The van der Waals surface area contributed by atoms with Crippen molar-refractivity contribution in [3.8, 4) is 11.5 Å². The number of carbonyl (C=O) groups is 1. The van der Waals surface area contributed by atoms with Gasteiger partial charge in [-0.2, -0.15) is 0 Å². The number of hydrogen-bond acceptors (Lipinski definition) is 3. The van der Waals surface area contributed by atoms with E-state index in [9.17, 15) is 13.6 Å². The number of anilines is 1. The third-order valence-electron chi connectivity index (χ3n) is 2.85. The predicted molar refractivity (Wildman–Crippen MR) is 78.5 cm³/mol. The summed E-state index contributed by atoms with van der Waals surface area (Å²) in [6.07, 6.45) is 0. The van der Waals surface area contributed by atoms with Gasteiger partial charge < -0.3 is 14.8 Å². The molecule has 0 aliphatic heterocycles. The second-order valence-corrected chi connectivity index (χ2v) is 4.41. The molecule has 116 valence electrons. The molecule has 2 aromatic carbocycles. The monoisotopic (exact) mass is 307 g/mol. The molecule has 0 saturated carbocycles. The summed E-state index contributed by atoms with van der Waals surface area (Å²) < 4.78 is 36.8. The highest BCUT2D eigenvalue weighted by molar-refractivity contribution is 6.04. The van der Waals surface area contributed by atoms with Crippen LogP contribution < -0.4 is 14.8 Å². The highest BCUT2D eigenvalue weighted by Gasteiger charge is 2.11. The number of ether oxygens (including phenoxy) is 2. The van der Waals surface area contributed by atoms with Crippen molar-refractivity contribution in [1.29, 1.82) is 0 Å². The lowest BCUT2D eigenvalue weighted by atomic mass is 10.2. The summed E-state index contributed by atoms with van der Waals surface area (Å²) in [5.41, 5.74) is 0.320. The average molecular weight is 307 g/mol. The fourth-order valence-corrected chi connectivity index (χ4v) is 1.91. The number of hydrogen-bond donors (Lipinski definition) is 1. The summed E-state index contributed by atoms with van der Waals surface area (Å²) in [6, 6.07) is 7.45. The van der Waals surface area contributed by atoms with Gasteiger partial charge in [0.15, 0.2) is 11.5 Å². The van der Waals surface area contributed by atoms with E-state index in [1.54, 1.807) is 18.2 Å². The van der Waals surface area contributed by atoms with Crippen LogP contribution >= 0.6 is 0 Å². The van der Waals surface area contributed by atoms with Crippen molar-refractivity contribution in [2.75, 3.05) is 19.0 Å². The summed E-state index contributed by atoms with van der Waals surface area (Å²) in [6.45, 7) is 2.32. The van der Waals surface area contributed by atoms with Crippen molar-refractivity contribution >= 4 is 11.6 Å². The van der Waals surface area contributed by atoms with Crippen molar-refractivity contribution < 1.29 is 23.0 Å². The Bertz CT molecular complexity index is 669. The number of rotatable bonds is 5. The molecule has 2 aromatic rings. The predicted octanol–water partition coefficient (Wildman–Crippen LogP) is 3.62. The molecule has 0 aliphatic carbocycles. The fraction of sp³-hybridized carbons (Fsp3) is 0.188. The Labute approximate surface area is 126 Å². The van der Waals surface area contributed by atoms with Gasteiger partial charge in [0, 0.05) is 23.4 Å². The van der Waals surface area contributed by atoms with Crippen LogP contribution in [0.3, 0.4) is 0 Å². The quantitative estimate of drug-likeness (QED) is 0.917. The first-order valence-electron chi connectivity index (χ1n) is 6.61. The van der Waals surface area contributed by atoms with Crippen molar-refractivity contribution in [2.24, 2.45) is 0 Å². The third-order valence-corrected chi connectivity index (χ3v) is 2.85. The van der Waals surface area contributed by atoms with Gasteiger partial charge in [0.05, 0.1) is 13.7 Å². The maximum atomic E-state index is 13.1. The van der Waals surface area contributed by atoms with Crippen LogP contribution in [0.4, 0.5) is 14.5 Å². The first-order valence-corrected chi connectivity index (χ1v) is 6.61. The summed E-state index contributed by atoms with van der Waals surface area (Å²) >= 11 is 0. The van der Waals surface area contributed by atoms with Crippen molar-refractivity contribution in [1.82, 2.24) is 0 Å². The minimum absolute atomic E-state index is 0.106. The lowest BCUT2D eigenvalue weighted by molar-refractivity contribution is 0.102. The molecular weight excluding hydrogens is 292 g/mol. The van der Waals surface area contributed by atoms with E-state index in [4.69, 9.17) is 9.47 Å². The van der Waals surface area contributed by atoms with Crippen molar-refractivity contribution in [2.45, 2.75) is 6.92 Å². The number of halogens is 2. The molecule has 0 atom stereocenters. The Hall–Kier alpha value is -2.63. The SMILES string of the molecule is CCOc1ccc(NC(=O)c2cc(F)cc(F)c2)cc1OC. The number of carbonyl (C=O) groups excluding carboxylic acids is 1. The maximum absolute atomic E-state index is 13.1. The topological polar surface area (TPSA) is 47.6 Å². The standard InChI is InChI=1S/C16H15F2NO3/c1-3-22-14-5-4-13(9-15(14)21-2)19-16(20)10-6-11(17)8-12(18)7-10/h4-9H,3H2,1-2H3,(H,19,20). The average Bonchev–Trinajstić information content (AvgIpc) is 2.48. The van der Waals surface area contributed by atoms with Crippen LogP contribution in [0.25, 0.3) is 0 Å². The van der Waals surface area contributed by atoms with Gasteiger partial charge in [0.25, 0.3) is 5.91 Å². The Morgan fingerprint density at radius 1 is 1.09 bits per heavy atom. The molecule has 0 unspecified atom stereocenters. The summed E-state index contributed by atoms with van der Waals surface area (Å²) in [5.74, 6) is -1.25. The molecule has 4 nitrogen and oxygen atoms in total. The van der Waals surface area contributed by atoms with Crippen LogP contribution in [0, 0.1) is 11.6 Å². The van der Waals surface area contributed by atoms with Crippen LogP contribution in [-0.2, 0) is 0 Å². The molecule has 6 heteroatoms. The molecule has 1 N–H and O–H groups in total. The molecule has 0 saturated heterocycles. The molecule has 0 radical (unpaired) electrons. The van der Waals surface area contributed by atoms with Crippen molar-refractivity contribution in [3.05, 3.63) is 53.6 Å². The van der Waals surface area contributed by atoms with Gasteiger partial charge in [-0.1, -0.05) is 0 Å². The van der Waals surface area contributed by atoms with Crippen LogP contribution in [0.15, 0.2) is 36.4 Å². The number of nitrogens with one attached hydrogen (secondary N) is 1. The molecule has 0 heterocycles. The van der Waals surface area contributed by atoms with Gasteiger partial charge >= 0.3 is 0 Å². The second kappa shape index (κ2) is 6.89. The normalized spacial score (nSPS) is 10.2. The van der Waals surface area contributed by atoms with E-state index in [1.165, 1.54) is 7.11 Å². The van der Waals surface area contributed by atoms with E-state index in [0.717, 1.165) is 12.1 Å². The molecular formula is C16H15F2NO3. The molecule has 0 aliphatic rings. The number of amides is 1. The van der Waals surface area contributed by atoms with Crippen LogP contribution in [0.1, 0.15) is 17.3 Å². The van der Waals surface area contributed by atoms with E-state index in [2.05, 4.69) is 5.32 Å². The molecule has 1 amide bonds. The third kappa shape index (κ3) is 3.72. The van der Waals surface area contributed by atoms with E-state index in [1.807, 2.05) is 6.92 Å². The highest BCUT2D eigenvalue weighted by Crippen LogP contribution is 2.30. The van der Waals surface area contributed by atoms with Crippen molar-refractivity contribution in [3.63, 3.8) is 0 Å². The van der Waals surface area contributed by atoms with Crippen LogP contribution in [-0.4, -0.2) is 19.6 Å². The molecule has 0 spiro atoms. The second-order valence-electron chi connectivity index (χ2n) is 4.41. The van der Waals surface area contributed by atoms with E-state index < -0.39 is 17.5 Å². The van der Waals surface area contributed by atoms with E-state index in [0.29, 0.717) is 29.9 Å². The number of methoxy groups -OCH3 is 1. The lowest BCUT2D eigenvalue weighted by Gasteiger charge is -2.12. The van der Waals surface area contributed by atoms with E-state index >= 15 is 0 Å². The van der Waals surface area contributed by atoms with Gasteiger partial charge in [-0.25, -0.2) is 8.78 Å². The zero-order valence-corrected chi connectivity index (χ0v) is 12.2. The largest absolute Gasteiger partial charge is 0.493 e. The first-order chi connectivity index (χ1) is 10.5. The Morgan fingerprint density at radius 2 is 1.77 bits per heavy atom. The summed E-state index contributed by atoms with van der Waals surface area (Å²) in [7, 11) is 1.48. The summed E-state index contributed by atoms with van der Waals surface area (Å²) in [4.78, 5) is 12.0. The Morgan fingerprint density at radius 3 is 2.36 bits per heavy atom. The first kappa shape index (κ1) is 15.8. The molecule has 2 rings (SSSR count). The smallest absolute Gasteiger partial charge is 0.255 e. The van der Waals surface area contributed by atoms with Crippen LogP contribution in [0.2, 0.25) is 0 Å². The molecule has 0 aromatic heterocycles. The van der Waals surface area contributed by atoms with Gasteiger partial charge in [-0.05, 0) is 31.2 Å². The van der Waals surface area contributed by atoms with Gasteiger partial charge in [0.2, 0.25) is 0 Å². The van der Waals surface area contributed by atoms with Gasteiger partial charge in [-0.15, -0.1) is 0 Å². The maximum Gasteiger partial charge on any atom is 0.255 e. The minimum Gasteiger partial charge on any atom is -0.493 e. The van der Waals surface area contributed by atoms with Crippen LogP contribution in [0.5, 0.6) is 11.5 Å². The van der Waals surface area contributed by atoms with Gasteiger partial charge in [0.1, 0.15) is 11.6 Å². The molecule has 22 heavy (non-hydrogen) atoms.